The van der Waals surface area contributed by atoms with Crippen LogP contribution in [0.2, 0.25) is 0 Å². The molecule has 0 atom stereocenters. The molecule has 4 nitrogen and oxygen atoms in total. The van der Waals surface area contributed by atoms with Crippen molar-refractivity contribution in [2.24, 2.45) is 16.6 Å². The summed E-state index contributed by atoms with van der Waals surface area (Å²) in [4.78, 5) is 6.51. The number of hydrogen-bond acceptors (Lipinski definition) is 2. The van der Waals surface area contributed by atoms with Crippen LogP contribution in [0, 0.1) is 5.92 Å². The minimum atomic E-state index is 0.638. The maximum absolute atomic E-state index is 5.94. The minimum Gasteiger partial charge on any atom is -0.379 e. The summed E-state index contributed by atoms with van der Waals surface area (Å²) in [6.07, 6.45) is 5.17. The highest BCUT2D eigenvalue weighted by Crippen LogP contribution is 2.15. The average Bonchev–Trinajstić information content (AvgIpc) is 2.34. The number of guanidine groups is 1. The lowest BCUT2D eigenvalue weighted by atomic mass is 10.00. The zero-order valence-corrected chi connectivity index (χ0v) is 10.9. The van der Waals surface area contributed by atoms with E-state index in [0.717, 1.165) is 32.0 Å². The van der Waals surface area contributed by atoms with E-state index >= 15 is 0 Å². The Morgan fingerprint density at radius 3 is 2.82 bits per heavy atom. The molecular weight excluding hydrogens is 214 g/mol. The highest BCUT2D eigenvalue weighted by molar-refractivity contribution is 5.78. The van der Waals surface area contributed by atoms with Gasteiger partial charge in [0.2, 0.25) is 0 Å². The number of ether oxygens (including phenoxy) is 1. The van der Waals surface area contributed by atoms with Crippen molar-refractivity contribution in [3.63, 3.8) is 0 Å². The van der Waals surface area contributed by atoms with E-state index in [9.17, 15) is 0 Å². The Morgan fingerprint density at radius 1 is 1.47 bits per heavy atom. The number of aliphatic imine (C=N–C) groups is 1. The normalized spacial score (nSPS) is 18.4. The van der Waals surface area contributed by atoms with Gasteiger partial charge in [-0.05, 0) is 25.2 Å². The van der Waals surface area contributed by atoms with Gasteiger partial charge in [-0.15, -0.1) is 6.58 Å². The van der Waals surface area contributed by atoms with E-state index in [-0.39, 0.29) is 0 Å². The van der Waals surface area contributed by atoms with Crippen LogP contribution in [0.4, 0.5) is 0 Å². The zero-order chi connectivity index (χ0) is 12.5. The average molecular weight is 239 g/mol. The summed E-state index contributed by atoms with van der Waals surface area (Å²) >= 11 is 0. The Kier molecular flexibility index (Phi) is 6.70. The van der Waals surface area contributed by atoms with Crippen molar-refractivity contribution in [2.45, 2.75) is 26.2 Å². The molecule has 98 valence electrons. The molecule has 17 heavy (non-hydrogen) atoms. The molecule has 0 aromatic heterocycles. The van der Waals surface area contributed by atoms with E-state index in [1.165, 1.54) is 12.8 Å². The Morgan fingerprint density at radius 2 is 2.18 bits per heavy atom. The molecule has 1 fully saturated rings. The first kappa shape index (κ1) is 14.0. The zero-order valence-electron chi connectivity index (χ0n) is 10.9. The lowest BCUT2D eigenvalue weighted by Gasteiger charge is -2.31. The van der Waals surface area contributed by atoms with Crippen molar-refractivity contribution in [3.05, 3.63) is 12.7 Å². The number of piperidine rings is 1. The van der Waals surface area contributed by atoms with Crippen LogP contribution in [0.1, 0.15) is 26.2 Å². The summed E-state index contributed by atoms with van der Waals surface area (Å²) in [5.41, 5.74) is 5.94. The maximum atomic E-state index is 5.94. The second kappa shape index (κ2) is 8.12. The summed E-state index contributed by atoms with van der Waals surface area (Å²) in [5, 5.41) is 0. The monoisotopic (exact) mass is 239 g/mol. The Hall–Kier alpha value is -1.03. The molecule has 4 heteroatoms. The second-order valence-corrected chi connectivity index (χ2v) is 4.60. The van der Waals surface area contributed by atoms with Crippen LogP contribution in [0.3, 0.4) is 0 Å². The van der Waals surface area contributed by atoms with Gasteiger partial charge in [0.25, 0.3) is 0 Å². The van der Waals surface area contributed by atoms with E-state index in [1.807, 2.05) is 6.08 Å². The molecule has 1 saturated heterocycles. The van der Waals surface area contributed by atoms with Gasteiger partial charge < -0.3 is 15.4 Å². The molecule has 1 heterocycles. The molecule has 0 unspecified atom stereocenters. The third-order valence-electron chi connectivity index (χ3n) is 3.08. The predicted octanol–water partition coefficient (Wildman–Crippen LogP) is 1.63. The van der Waals surface area contributed by atoms with Crippen molar-refractivity contribution in [2.75, 3.05) is 32.8 Å². The van der Waals surface area contributed by atoms with Crippen LogP contribution in [0.15, 0.2) is 17.6 Å². The Labute approximate surface area is 105 Å². The summed E-state index contributed by atoms with van der Waals surface area (Å²) in [5.74, 6) is 1.49. The molecule has 0 amide bonds. The van der Waals surface area contributed by atoms with Crippen LogP contribution in [-0.2, 0) is 4.74 Å². The maximum Gasteiger partial charge on any atom is 0.191 e. The van der Waals surface area contributed by atoms with Gasteiger partial charge in [0.15, 0.2) is 5.96 Å². The first-order valence-corrected chi connectivity index (χ1v) is 6.47. The largest absolute Gasteiger partial charge is 0.379 e. The molecule has 2 N–H and O–H groups in total. The quantitative estimate of drug-likeness (QED) is 0.332. The number of likely N-dealkylation sites (tertiary alicyclic amines) is 1. The molecule has 1 rings (SSSR count). The number of nitrogens with two attached hydrogens (primary N) is 1. The highest BCUT2D eigenvalue weighted by atomic mass is 16.5. The fourth-order valence-corrected chi connectivity index (χ4v) is 1.83. The van der Waals surface area contributed by atoms with E-state index in [4.69, 9.17) is 10.5 Å². The Balaban J connectivity index is 2.13. The van der Waals surface area contributed by atoms with E-state index in [1.54, 1.807) is 0 Å². The fourth-order valence-electron chi connectivity index (χ4n) is 1.83. The number of rotatable bonds is 6. The fraction of sp³-hybridized carbons (Fsp3) is 0.769. The lowest BCUT2D eigenvalue weighted by molar-refractivity contribution is 0.146. The van der Waals surface area contributed by atoms with E-state index in [0.29, 0.717) is 19.1 Å². The van der Waals surface area contributed by atoms with Gasteiger partial charge in [0.1, 0.15) is 0 Å². The van der Waals surface area contributed by atoms with Gasteiger partial charge in [0, 0.05) is 13.1 Å². The first-order valence-electron chi connectivity index (χ1n) is 6.47. The molecule has 0 radical (unpaired) electrons. The van der Waals surface area contributed by atoms with Gasteiger partial charge >= 0.3 is 0 Å². The smallest absolute Gasteiger partial charge is 0.191 e. The first-order chi connectivity index (χ1) is 8.24. The van der Waals surface area contributed by atoms with E-state index < -0.39 is 0 Å². The summed E-state index contributed by atoms with van der Waals surface area (Å²) in [6, 6.07) is 0. The second-order valence-electron chi connectivity index (χ2n) is 4.60. The van der Waals surface area contributed by atoms with Crippen LogP contribution >= 0.6 is 0 Å². The minimum absolute atomic E-state index is 0.638. The highest BCUT2D eigenvalue weighted by Gasteiger charge is 2.16. The van der Waals surface area contributed by atoms with Gasteiger partial charge in [0.05, 0.1) is 19.8 Å². The third kappa shape index (κ3) is 5.73. The van der Waals surface area contributed by atoms with Crippen LogP contribution in [0.25, 0.3) is 0 Å². The molecule has 0 saturated carbocycles. The summed E-state index contributed by atoms with van der Waals surface area (Å²) < 4.78 is 5.38. The molecule has 1 aliphatic heterocycles. The summed E-state index contributed by atoms with van der Waals surface area (Å²) in [6.45, 7) is 10.0. The van der Waals surface area contributed by atoms with Crippen molar-refractivity contribution < 1.29 is 4.74 Å². The molecular formula is C13H25N3O. The van der Waals surface area contributed by atoms with Gasteiger partial charge in [-0.1, -0.05) is 13.0 Å². The standard InChI is InChI=1S/C13H25N3O/c1-3-4-10-17-11-7-15-13(14)16-8-5-12(2)6-9-16/h3,12H,1,4-11H2,2H3,(H2,14,15). The van der Waals surface area contributed by atoms with Crippen molar-refractivity contribution in [1.82, 2.24) is 4.90 Å². The van der Waals surface area contributed by atoms with Crippen molar-refractivity contribution >= 4 is 5.96 Å². The molecule has 0 spiro atoms. The van der Waals surface area contributed by atoms with Gasteiger partial charge in [-0.3, -0.25) is 4.99 Å². The van der Waals surface area contributed by atoms with Crippen molar-refractivity contribution in [1.29, 1.82) is 0 Å². The Bertz CT molecular complexity index is 245. The molecule has 1 aliphatic rings. The third-order valence-corrected chi connectivity index (χ3v) is 3.08. The topological polar surface area (TPSA) is 50.9 Å². The van der Waals surface area contributed by atoms with Gasteiger partial charge in [-0.2, -0.15) is 0 Å². The van der Waals surface area contributed by atoms with Crippen LogP contribution in [0.5, 0.6) is 0 Å². The van der Waals surface area contributed by atoms with Crippen LogP contribution < -0.4 is 5.73 Å². The van der Waals surface area contributed by atoms with Crippen molar-refractivity contribution in [3.8, 4) is 0 Å². The molecule has 0 aromatic rings. The van der Waals surface area contributed by atoms with Gasteiger partial charge in [-0.25, -0.2) is 0 Å². The number of hydrogen-bond donors (Lipinski definition) is 1. The number of nitrogens with zero attached hydrogens (tertiary/aromatic N) is 2. The summed E-state index contributed by atoms with van der Waals surface area (Å²) in [7, 11) is 0. The molecule has 0 aromatic carbocycles. The SMILES string of the molecule is C=CCCOCCN=C(N)N1CCC(C)CC1. The molecule has 0 bridgehead atoms. The van der Waals surface area contributed by atoms with E-state index in [2.05, 4.69) is 23.4 Å². The molecule has 0 aliphatic carbocycles. The lowest BCUT2D eigenvalue weighted by Crippen LogP contribution is -2.42. The van der Waals surface area contributed by atoms with Crippen LogP contribution in [-0.4, -0.2) is 43.7 Å². The predicted molar refractivity (Wildman–Crippen MR) is 72.1 cm³/mol.